The summed E-state index contributed by atoms with van der Waals surface area (Å²) in [5.41, 5.74) is 3.72. The van der Waals surface area contributed by atoms with E-state index in [1.807, 2.05) is 37.3 Å². The lowest BCUT2D eigenvalue weighted by Crippen LogP contribution is -2.29. The van der Waals surface area contributed by atoms with E-state index in [9.17, 15) is 4.79 Å². The summed E-state index contributed by atoms with van der Waals surface area (Å²) in [7, 11) is 0. The molecule has 1 atom stereocenters. The molecule has 3 heteroatoms. The molecular weight excluding hydrogens is 202 g/mol. The maximum Gasteiger partial charge on any atom is 0.329 e. The zero-order valence-corrected chi connectivity index (χ0v) is 9.90. The predicted molar refractivity (Wildman–Crippen MR) is 63.7 cm³/mol. The zero-order valence-electron chi connectivity index (χ0n) is 9.90. The molecule has 0 bridgehead atoms. The highest BCUT2D eigenvalue weighted by atomic mass is 16.7. The molecule has 0 saturated carbocycles. The van der Waals surface area contributed by atoms with Crippen LogP contribution in [0.3, 0.4) is 0 Å². The van der Waals surface area contributed by atoms with E-state index in [2.05, 4.69) is 12.4 Å². The first-order valence-corrected chi connectivity index (χ1v) is 5.71. The lowest BCUT2D eigenvalue weighted by Gasteiger charge is -2.11. The minimum absolute atomic E-state index is 0.213. The number of hydroxylamine groups is 1. The van der Waals surface area contributed by atoms with Gasteiger partial charge in [-0.05, 0) is 18.9 Å². The molecule has 1 unspecified atom stereocenters. The van der Waals surface area contributed by atoms with Crippen LogP contribution in [0.1, 0.15) is 32.3 Å². The topological polar surface area (TPSA) is 38.3 Å². The third-order valence-corrected chi connectivity index (χ3v) is 2.29. The smallest absolute Gasteiger partial charge is 0.329 e. The van der Waals surface area contributed by atoms with E-state index in [1.54, 1.807) is 0 Å². The van der Waals surface area contributed by atoms with Crippen molar-refractivity contribution in [2.75, 3.05) is 0 Å². The Bertz CT molecular complexity index is 311. The Hall–Kier alpha value is -1.35. The Morgan fingerprint density at radius 3 is 2.69 bits per heavy atom. The summed E-state index contributed by atoms with van der Waals surface area (Å²) >= 11 is 0. The van der Waals surface area contributed by atoms with Crippen LogP contribution in [0, 0.1) is 0 Å². The van der Waals surface area contributed by atoms with Gasteiger partial charge in [0, 0.05) is 6.04 Å². The number of rotatable bonds is 6. The molecule has 88 valence electrons. The fraction of sp³-hybridized carbons (Fsp3) is 0.462. The average Bonchev–Trinajstić information content (AvgIpc) is 2.28. The van der Waals surface area contributed by atoms with E-state index in [0.29, 0.717) is 6.42 Å². The second kappa shape index (κ2) is 7.01. The van der Waals surface area contributed by atoms with Gasteiger partial charge >= 0.3 is 5.97 Å². The van der Waals surface area contributed by atoms with E-state index in [-0.39, 0.29) is 12.0 Å². The molecule has 0 aliphatic carbocycles. The minimum atomic E-state index is -0.242. The summed E-state index contributed by atoms with van der Waals surface area (Å²) in [5, 5.41) is 0. The number of benzene rings is 1. The van der Waals surface area contributed by atoms with Crippen LogP contribution in [-0.2, 0) is 16.1 Å². The highest BCUT2D eigenvalue weighted by Gasteiger charge is 2.06. The summed E-state index contributed by atoms with van der Waals surface area (Å²) < 4.78 is 0. The van der Waals surface area contributed by atoms with Crippen LogP contribution in [0.15, 0.2) is 30.3 Å². The number of hydrogen-bond acceptors (Lipinski definition) is 3. The van der Waals surface area contributed by atoms with Gasteiger partial charge in [0.15, 0.2) is 0 Å². The van der Waals surface area contributed by atoms with Crippen LogP contribution in [-0.4, -0.2) is 12.0 Å². The van der Waals surface area contributed by atoms with Gasteiger partial charge in [0.1, 0.15) is 0 Å². The maximum atomic E-state index is 11.4. The fourth-order valence-electron chi connectivity index (χ4n) is 1.46. The van der Waals surface area contributed by atoms with Crippen LogP contribution in [0.25, 0.3) is 0 Å². The van der Waals surface area contributed by atoms with Crippen LogP contribution in [0.2, 0.25) is 0 Å². The Kier molecular flexibility index (Phi) is 5.57. The fourth-order valence-corrected chi connectivity index (χ4v) is 1.46. The van der Waals surface area contributed by atoms with Gasteiger partial charge in [0.25, 0.3) is 0 Å². The van der Waals surface area contributed by atoms with Crippen molar-refractivity contribution in [3.63, 3.8) is 0 Å². The second-order valence-corrected chi connectivity index (χ2v) is 3.94. The van der Waals surface area contributed by atoms with Crippen LogP contribution in [0.4, 0.5) is 0 Å². The van der Waals surface area contributed by atoms with Crippen molar-refractivity contribution < 1.29 is 9.63 Å². The molecule has 0 spiro atoms. The SMILES string of the molecule is CCCC(C)NOC(=O)Cc1ccccc1. The van der Waals surface area contributed by atoms with E-state index in [0.717, 1.165) is 18.4 Å². The standard InChI is InChI=1S/C13H19NO2/c1-3-7-11(2)14-16-13(15)10-12-8-5-4-6-9-12/h4-6,8-9,11,14H,3,7,10H2,1-2H3. The summed E-state index contributed by atoms with van der Waals surface area (Å²) in [5.74, 6) is -0.242. The van der Waals surface area contributed by atoms with Crippen molar-refractivity contribution >= 4 is 5.97 Å². The van der Waals surface area contributed by atoms with Crippen molar-refractivity contribution in [1.29, 1.82) is 0 Å². The number of carbonyl (C=O) groups excluding carboxylic acids is 1. The molecule has 0 radical (unpaired) electrons. The third kappa shape index (κ3) is 4.94. The maximum absolute atomic E-state index is 11.4. The normalized spacial score (nSPS) is 12.1. The van der Waals surface area contributed by atoms with E-state index in [4.69, 9.17) is 4.84 Å². The van der Waals surface area contributed by atoms with Crippen molar-refractivity contribution in [3.8, 4) is 0 Å². The Labute approximate surface area is 96.8 Å². The highest BCUT2D eigenvalue weighted by Crippen LogP contribution is 2.01. The summed E-state index contributed by atoms with van der Waals surface area (Å²) in [4.78, 5) is 16.4. The van der Waals surface area contributed by atoms with Crippen molar-refractivity contribution in [2.24, 2.45) is 0 Å². The van der Waals surface area contributed by atoms with Gasteiger partial charge in [-0.1, -0.05) is 43.7 Å². The first-order valence-electron chi connectivity index (χ1n) is 5.71. The molecule has 0 saturated heterocycles. The number of carbonyl (C=O) groups is 1. The molecule has 0 aromatic heterocycles. The highest BCUT2D eigenvalue weighted by molar-refractivity contribution is 5.72. The second-order valence-electron chi connectivity index (χ2n) is 3.94. The number of hydrogen-bond donors (Lipinski definition) is 1. The molecule has 1 N–H and O–H groups in total. The van der Waals surface area contributed by atoms with Gasteiger partial charge in [-0.3, -0.25) is 4.79 Å². The molecule has 0 aliphatic heterocycles. The molecule has 1 aromatic rings. The minimum Gasteiger partial charge on any atom is -0.370 e. The van der Waals surface area contributed by atoms with Crippen LogP contribution < -0.4 is 5.48 Å². The largest absolute Gasteiger partial charge is 0.370 e. The molecule has 0 amide bonds. The summed E-state index contributed by atoms with van der Waals surface area (Å²) in [6, 6.07) is 9.79. The summed E-state index contributed by atoms with van der Waals surface area (Å²) in [6.45, 7) is 4.10. The van der Waals surface area contributed by atoms with Gasteiger partial charge < -0.3 is 4.84 Å². The van der Waals surface area contributed by atoms with Crippen molar-refractivity contribution in [3.05, 3.63) is 35.9 Å². The molecule has 0 aliphatic rings. The molecule has 1 rings (SSSR count). The van der Waals surface area contributed by atoms with Gasteiger partial charge in [-0.15, -0.1) is 0 Å². The first kappa shape index (κ1) is 12.7. The van der Waals surface area contributed by atoms with Crippen LogP contribution in [0.5, 0.6) is 0 Å². The van der Waals surface area contributed by atoms with E-state index in [1.165, 1.54) is 0 Å². The van der Waals surface area contributed by atoms with Gasteiger partial charge in [-0.25, -0.2) is 0 Å². The van der Waals surface area contributed by atoms with Gasteiger partial charge in [-0.2, -0.15) is 5.48 Å². The lowest BCUT2D eigenvalue weighted by atomic mass is 10.2. The molecule has 0 fully saturated rings. The Morgan fingerprint density at radius 2 is 2.06 bits per heavy atom. The van der Waals surface area contributed by atoms with E-state index >= 15 is 0 Å². The molecular formula is C13H19NO2. The molecule has 3 nitrogen and oxygen atoms in total. The Morgan fingerprint density at radius 1 is 1.38 bits per heavy atom. The van der Waals surface area contributed by atoms with E-state index < -0.39 is 0 Å². The quantitative estimate of drug-likeness (QED) is 0.750. The van der Waals surface area contributed by atoms with Crippen molar-refractivity contribution in [2.45, 2.75) is 39.2 Å². The summed E-state index contributed by atoms with van der Waals surface area (Å²) in [6.07, 6.45) is 2.38. The predicted octanol–water partition coefficient (Wildman–Crippen LogP) is 2.47. The Balaban J connectivity index is 2.26. The average molecular weight is 221 g/mol. The monoisotopic (exact) mass is 221 g/mol. The lowest BCUT2D eigenvalue weighted by molar-refractivity contribution is -0.152. The zero-order chi connectivity index (χ0) is 11.8. The number of nitrogens with one attached hydrogen (secondary N) is 1. The van der Waals surface area contributed by atoms with Gasteiger partial charge in [0.05, 0.1) is 6.42 Å². The van der Waals surface area contributed by atoms with Crippen molar-refractivity contribution in [1.82, 2.24) is 5.48 Å². The third-order valence-electron chi connectivity index (χ3n) is 2.29. The van der Waals surface area contributed by atoms with Crippen LogP contribution >= 0.6 is 0 Å². The van der Waals surface area contributed by atoms with Gasteiger partial charge in [0.2, 0.25) is 0 Å². The molecule has 1 aromatic carbocycles. The molecule has 16 heavy (non-hydrogen) atoms. The first-order chi connectivity index (χ1) is 7.72. The molecule has 0 heterocycles.